The lowest BCUT2D eigenvalue weighted by Crippen LogP contribution is -2.04. The quantitative estimate of drug-likeness (QED) is 0.907. The largest absolute Gasteiger partial charge is 0.341 e. The summed E-state index contributed by atoms with van der Waals surface area (Å²) in [6, 6.07) is 6.25. The van der Waals surface area contributed by atoms with Crippen LogP contribution in [0.25, 0.3) is 11.4 Å². The summed E-state index contributed by atoms with van der Waals surface area (Å²) in [5, 5.41) is 3.09. The van der Waals surface area contributed by atoms with Crippen LogP contribution in [0.3, 0.4) is 0 Å². The number of rotatable bonds is 3. The molecule has 0 bridgehead atoms. The van der Waals surface area contributed by atoms with Crippen LogP contribution in [0.15, 0.2) is 28.9 Å². The molecule has 1 heterocycles. The topological polar surface area (TPSA) is 40.7 Å². The molecule has 3 nitrogen and oxygen atoms in total. The fourth-order valence-electron chi connectivity index (χ4n) is 1.59. The number of aromatic amines is 1. The third kappa shape index (κ3) is 2.33. The van der Waals surface area contributed by atoms with E-state index in [1.54, 1.807) is 0 Å². The number of imidazole rings is 1. The molecule has 1 aromatic carbocycles. The molecule has 0 saturated heterocycles. The maximum Gasteiger partial charge on any atom is 0.138 e. The number of H-pyrrole nitrogens is 1. The molecule has 0 saturated carbocycles. The molecule has 1 aromatic heterocycles. The maximum absolute atomic E-state index is 4.37. The smallest absolute Gasteiger partial charge is 0.138 e. The van der Waals surface area contributed by atoms with Gasteiger partial charge in [0.1, 0.15) is 5.82 Å². The lowest BCUT2D eigenvalue weighted by Gasteiger charge is -2.02. The van der Waals surface area contributed by atoms with E-state index in [1.807, 2.05) is 13.2 Å². The van der Waals surface area contributed by atoms with E-state index in [0.29, 0.717) is 0 Å². The molecule has 0 aliphatic heterocycles. The Morgan fingerprint density at radius 2 is 2.25 bits per heavy atom. The van der Waals surface area contributed by atoms with Crippen LogP contribution in [-0.4, -0.2) is 17.0 Å². The van der Waals surface area contributed by atoms with Gasteiger partial charge in [0.2, 0.25) is 0 Å². The number of benzene rings is 1. The normalized spacial score (nSPS) is 10.7. The van der Waals surface area contributed by atoms with Crippen molar-refractivity contribution in [1.82, 2.24) is 15.3 Å². The van der Waals surface area contributed by atoms with E-state index in [4.69, 9.17) is 0 Å². The molecule has 0 radical (unpaired) electrons. The first kappa shape index (κ1) is 11.4. The van der Waals surface area contributed by atoms with Gasteiger partial charge in [-0.15, -0.1) is 0 Å². The van der Waals surface area contributed by atoms with Crippen molar-refractivity contribution in [3.63, 3.8) is 0 Å². The average Bonchev–Trinajstić information content (AvgIpc) is 2.67. The SMILES string of the molecule is CNCc1cnc(-c2ccc(C)cc2Br)[nH]1. The highest BCUT2D eigenvalue weighted by molar-refractivity contribution is 9.10. The van der Waals surface area contributed by atoms with Crippen LogP contribution in [0.2, 0.25) is 0 Å². The summed E-state index contributed by atoms with van der Waals surface area (Å²) in [7, 11) is 1.92. The number of hydrogen-bond acceptors (Lipinski definition) is 2. The second kappa shape index (κ2) is 4.80. The number of aromatic nitrogens is 2. The molecule has 0 atom stereocenters. The highest BCUT2D eigenvalue weighted by Crippen LogP contribution is 2.26. The standard InChI is InChI=1S/C12H14BrN3/c1-8-3-4-10(11(13)5-8)12-15-7-9(16-12)6-14-2/h3-5,7,14H,6H2,1-2H3,(H,15,16). The fraction of sp³-hybridized carbons (Fsp3) is 0.250. The molecule has 16 heavy (non-hydrogen) atoms. The Hall–Kier alpha value is -1.13. The van der Waals surface area contributed by atoms with Gasteiger partial charge in [0.05, 0.1) is 0 Å². The highest BCUT2D eigenvalue weighted by atomic mass is 79.9. The minimum atomic E-state index is 0.802. The molecule has 2 N–H and O–H groups in total. The monoisotopic (exact) mass is 279 g/mol. The van der Waals surface area contributed by atoms with Crippen molar-refractivity contribution in [2.45, 2.75) is 13.5 Å². The number of nitrogens with zero attached hydrogens (tertiary/aromatic N) is 1. The molecule has 2 rings (SSSR count). The van der Waals surface area contributed by atoms with Crippen LogP contribution in [0.4, 0.5) is 0 Å². The number of aryl methyl sites for hydroxylation is 1. The predicted molar refractivity (Wildman–Crippen MR) is 69.2 cm³/mol. The second-order valence-corrected chi connectivity index (χ2v) is 4.63. The van der Waals surface area contributed by atoms with Crippen molar-refractivity contribution in [2.75, 3.05) is 7.05 Å². The Morgan fingerprint density at radius 3 is 2.94 bits per heavy atom. The van der Waals surface area contributed by atoms with Gasteiger partial charge in [0.15, 0.2) is 0 Å². The summed E-state index contributed by atoms with van der Waals surface area (Å²) in [5.74, 6) is 0.900. The minimum Gasteiger partial charge on any atom is -0.341 e. The molecule has 0 fully saturated rings. The fourth-order valence-corrected chi connectivity index (χ4v) is 2.27. The lowest BCUT2D eigenvalue weighted by atomic mass is 10.1. The van der Waals surface area contributed by atoms with Crippen molar-refractivity contribution in [1.29, 1.82) is 0 Å². The molecule has 0 aliphatic rings. The van der Waals surface area contributed by atoms with Gasteiger partial charge in [-0.2, -0.15) is 0 Å². The molecule has 2 aromatic rings. The van der Waals surface area contributed by atoms with E-state index in [-0.39, 0.29) is 0 Å². The second-order valence-electron chi connectivity index (χ2n) is 3.77. The zero-order valence-corrected chi connectivity index (χ0v) is 10.9. The summed E-state index contributed by atoms with van der Waals surface area (Å²) in [6.45, 7) is 2.87. The Balaban J connectivity index is 2.35. The van der Waals surface area contributed by atoms with Gasteiger partial charge in [0.25, 0.3) is 0 Å². The van der Waals surface area contributed by atoms with Gasteiger partial charge in [-0.3, -0.25) is 0 Å². The zero-order valence-electron chi connectivity index (χ0n) is 9.34. The first-order valence-electron chi connectivity index (χ1n) is 5.15. The van der Waals surface area contributed by atoms with E-state index in [2.05, 4.69) is 56.3 Å². The first-order valence-corrected chi connectivity index (χ1v) is 5.95. The lowest BCUT2D eigenvalue weighted by molar-refractivity contribution is 0.797. The van der Waals surface area contributed by atoms with Crippen LogP contribution in [0.5, 0.6) is 0 Å². The molecular formula is C12H14BrN3. The highest BCUT2D eigenvalue weighted by Gasteiger charge is 2.06. The van der Waals surface area contributed by atoms with Crippen LogP contribution >= 0.6 is 15.9 Å². The Morgan fingerprint density at radius 1 is 1.44 bits per heavy atom. The third-order valence-corrected chi connectivity index (χ3v) is 3.03. The first-order chi connectivity index (χ1) is 7.70. The molecule has 84 valence electrons. The van der Waals surface area contributed by atoms with E-state index in [1.165, 1.54) is 5.56 Å². The van der Waals surface area contributed by atoms with Crippen LogP contribution in [0, 0.1) is 6.92 Å². The minimum absolute atomic E-state index is 0.802. The van der Waals surface area contributed by atoms with Gasteiger partial charge in [0, 0.05) is 28.5 Å². The van der Waals surface area contributed by atoms with Gasteiger partial charge in [-0.25, -0.2) is 4.98 Å². The van der Waals surface area contributed by atoms with Crippen molar-refractivity contribution in [3.8, 4) is 11.4 Å². The molecule has 0 aliphatic carbocycles. The Bertz CT molecular complexity index is 491. The van der Waals surface area contributed by atoms with E-state index in [9.17, 15) is 0 Å². The molecule has 4 heteroatoms. The zero-order chi connectivity index (χ0) is 11.5. The van der Waals surface area contributed by atoms with Gasteiger partial charge in [-0.1, -0.05) is 22.0 Å². The predicted octanol–water partition coefficient (Wildman–Crippen LogP) is 2.87. The van der Waals surface area contributed by atoms with E-state index in [0.717, 1.165) is 28.1 Å². The summed E-state index contributed by atoms with van der Waals surface area (Å²) >= 11 is 3.56. The number of nitrogens with one attached hydrogen (secondary N) is 2. The van der Waals surface area contributed by atoms with Crippen molar-refractivity contribution >= 4 is 15.9 Å². The average molecular weight is 280 g/mol. The summed E-state index contributed by atoms with van der Waals surface area (Å²) in [4.78, 5) is 7.66. The summed E-state index contributed by atoms with van der Waals surface area (Å²) in [6.07, 6.45) is 1.86. The summed E-state index contributed by atoms with van der Waals surface area (Å²) in [5.41, 5.74) is 3.41. The third-order valence-electron chi connectivity index (χ3n) is 2.38. The Kier molecular flexibility index (Phi) is 3.41. The van der Waals surface area contributed by atoms with Crippen LogP contribution in [-0.2, 0) is 6.54 Å². The number of hydrogen-bond donors (Lipinski definition) is 2. The van der Waals surface area contributed by atoms with Gasteiger partial charge < -0.3 is 10.3 Å². The molecule has 0 unspecified atom stereocenters. The summed E-state index contributed by atoms with van der Waals surface area (Å²) < 4.78 is 1.07. The maximum atomic E-state index is 4.37. The van der Waals surface area contributed by atoms with Gasteiger partial charge >= 0.3 is 0 Å². The molecule has 0 amide bonds. The van der Waals surface area contributed by atoms with Crippen molar-refractivity contribution < 1.29 is 0 Å². The van der Waals surface area contributed by atoms with E-state index < -0.39 is 0 Å². The van der Waals surface area contributed by atoms with Crippen molar-refractivity contribution in [3.05, 3.63) is 40.1 Å². The number of halogens is 1. The molecule has 0 spiro atoms. The van der Waals surface area contributed by atoms with Crippen LogP contribution < -0.4 is 5.32 Å². The van der Waals surface area contributed by atoms with Gasteiger partial charge in [-0.05, 0) is 31.7 Å². The van der Waals surface area contributed by atoms with Crippen molar-refractivity contribution in [2.24, 2.45) is 0 Å². The van der Waals surface area contributed by atoms with E-state index >= 15 is 0 Å². The molecular weight excluding hydrogens is 266 g/mol. The Labute approximate surface area is 103 Å². The van der Waals surface area contributed by atoms with Crippen LogP contribution in [0.1, 0.15) is 11.3 Å².